The van der Waals surface area contributed by atoms with E-state index in [1.807, 2.05) is 5.32 Å². The molecule has 1 aromatic rings. The van der Waals surface area contributed by atoms with Gasteiger partial charge in [-0.3, -0.25) is 10.1 Å². The van der Waals surface area contributed by atoms with Gasteiger partial charge in [0.05, 0.1) is 6.33 Å². The quantitative estimate of drug-likeness (QED) is 0.499. The predicted octanol–water partition coefficient (Wildman–Crippen LogP) is -0.130. The lowest BCUT2D eigenvalue weighted by atomic mass is 10.4. The van der Waals surface area contributed by atoms with Crippen molar-refractivity contribution in [2.24, 2.45) is 0 Å². The van der Waals surface area contributed by atoms with Crippen LogP contribution in [0.25, 0.3) is 0 Å². The second kappa shape index (κ2) is 4.13. The third-order valence-corrected chi connectivity index (χ3v) is 1.35. The van der Waals surface area contributed by atoms with Gasteiger partial charge in [0.1, 0.15) is 0 Å². The van der Waals surface area contributed by atoms with E-state index >= 15 is 0 Å². The van der Waals surface area contributed by atoms with Crippen LogP contribution >= 0.6 is 0 Å². The minimum absolute atomic E-state index is 0.272. The molecule has 1 amide bonds. The zero-order chi connectivity index (χ0) is 8.81. The summed E-state index contributed by atoms with van der Waals surface area (Å²) < 4.78 is 1.77. The maximum atomic E-state index is 10.8. The molecule has 1 heterocycles. The number of carbonyl (C=O) groups excluding carboxylic acids is 1. The second-order valence-corrected chi connectivity index (χ2v) is 2.21. The molecule has 5 heteroatoms. The Morgan fingerprint density at radius 2 is 2.58 bits per heavy atom. The highest BCUT2D eigenvalue weighted by molar-refractivity contribution is 5.77. The van der Waals surface area contributed by atoms with Gasteiger partial charge in [0.2, 0.25) is 5.91 Å². The second-order valence-electron chi connectivity index (χ2n) is 2.21. The number of hydrogen-bond acceptors (Lipinski definition) is 3. The first-order chi connectivity index (χ1) is 5.83. The Morgan fingerprint density at radius 3 is 3.17 bits per heavy atom. The number of carbonyl (C=O) groups is 1. The molecule has 0 spiro atoms. The maximum Gasteiger partial charge on any atom is 0.234 e. The summed E-state index contributed by atoms with van der Waals surface area (Å²) in [7, 11) is 0. The van der Waals surface area contributed by atoms with E-state index in [2.05, 4.69) is 4.98 Å². The van der Waals surface area contributed by atoms with Crippen LogP contribution in [0.15, 0.2) is 18.7 Å². The Morgan fingerprint density at radius 1 is 1.75 bits per heavy atom. The normalized spacial score (nSPS) is 8.92. The van der Waals surface area contributed by atoms with Crippen LogP contribution in [0.4, 0.5) is 0 Å². The number of nitriles is 1. The molecule has 12 heavy (non-hydrogen) atoms. The van der Waals surface area contributed by atoms with E-state index in [9.17, 15) is 4.79 Å². The smallest absolute Gasteiger partial charge is 0.234 e. The van der Waals surface area contributed by atoms with E-state index in [0.717, 1.165) is 0 Å². The van der Waals surface area contributed by atoms with Crippen molar-refractivity contribution in [3.05, 3.63) is 18.7 Å². The zero-order valence-corrected chi connectivity index (χ0v) is 6.40. The first kappa shape index (κ1) is 8.27. The minimum Gasteiger partial charge on any atom is -0.337 e. The van der Waals surface area contributed by atoms with E-state index in [-0.39, 0.29) is 5.91 Å². The van der Waals surface area contributed by atoms with Crippen LogP contribution in [0, 0.1) is 11.5 Å². The molecule has 0 aliphatic rings. The number of aryl methyl sites for hydroxylation is 1. The molecule has 0 saturated carbocycles. The lowest BCUT2D eigenvalue weighted by Crippen LogP contribution is -2.18. The summed E-state index contributed by atoms with van der Waals surface area (Å²) in [5.41, 5.74) is 0. The molecule has 0 radical (unpaired) electrons. The molecule has 0 fully saturated rings. The van der Waals surface area contributed by atoms with Crippen molar-refractivity contribution in [3.8, 4) is 6.19 Å². The molecule has 0 aliphatic carbocycles. The highest BCUT2D eigenvalue weighted by Crippen LogP contribution is 1.89. The molecule has 1 N–H and O–H groups in total. The zero-order valence-electron chi connectivity index (χ0n) is 6.40. The summed E-state index contributed by atoms with van der Waals surface area (Å²) >= 11 is 0. The molecular weight excluding hydrogens is 156 g/mol. The van der Waals surface area contributed by atoms with Gasteiger partial charge < -0.3 is 4.57 Å². The number of aromatic nitrogens is 2. The highest BCUT2D eigenvalue weighted by Gasteiger charge is 1.98. The molecule has 0 aromatic carbocycles. The summed E-state index contributed by atoms with van der Waals surface area (Å²) in [4.78, 5) is 14.6. The van der Waals surface area contributed by atoms with Crippen LogP contribution in [0.1, 0.15) is 6.42 Å². The van der Waals surface area contributed by atoms with Crippen molar-refractivity contribution in [1.82, 2.24) is 14.9 Å². The highest BCUT2D eigenvalue weighted by atomic mass is 16.1. The molecule has 0 unspecified atom stereocenters. The fourth-order valence-electron chi connectivity index (χ4n) is 0.774. The molecule has 0 saturated heterocycles. The van der Waals surface area contributed by atoms with Gasteiger partial charge >= 0.3 is 0 Å². The molecule has 0 atom stereocenters. The first-order valence-electron chi connectivity index (χ1n) is 3.46. The van der Waals surface area contributed by atoms with E-state index in [1.54, 1.807) is 29.5 Å². The third kappa shape index (κ3) is 2.42. The maximum absolute atomic E-state index is 10.8. The van der Waals surface area contributed by atoms with Crippen LogP contribution in [-0.4, -0.2) is 15.5 Å². The average molecular weight is 164 g/mol. The van der Waals surface area contributed by atoms with Crippen molar-refractivity contribution < 1.29 is 4.79 Å². The van der Waals surface area contributed by atoms with Gasteiger partial charge in [-0.1, -0.05) is 0 Å². The SMILES string of the molecule is N#CNC(=O)CCn1ccnc1. The van der Waals surface area contributed by atoms with Gasteiger partial charge in [0.15, 0.2) is 6.19 Å². The Balaban J connectivity index is 2.28. The summed E-state index contributed by atoms with van der Waals surface area (Å²) in [5.74, 6) is -0.272. The Kier molecular flexibility index (Phi) is 2.85. The summed E-state index contributed by atoms with van der Waals surface area (Å²) in [5, 5.41) is 10.1. The molecule has 1 aromatic heterocycles. The predicted molar refractivity (Wildman–Crippen MR) is 40.6 cm³/mol. The molecule has 0 bridgehead atoms. The molecule has 5 nitrogen and oxygen atoms in total. The van der Waals surface area contributed by atoms with E-state index in [1.165, 1.54) is 0 Å². The fraction of sp³-hybridized carbons (Fsp3) is 0.286. The number of rotatable bonds is 3. The topological polar surface area (TPSA) is 70.7 Å². The van der Waals surface area contributed by atoms with Gasteiger partial charge in [-0.2, -0.15) is 5.26 Å². The third-order valence-electron chi connectivity index (χ3n) is 1.35. The van der Waals surface area contributed by atoms with Crippen molar-refractivity contribution in [2.75, 3.05) is 0 Å². The largest absolute Gasteiger partial charge is 0.337 e. The number of nitrogens with one attached hydrogen (secondary N) is 1. The van der Waals surface area contributed by atoms with E-state index in [4.69, 9.17) is 5.26 Å². The Hall–Kier alpha value is -1.83. The van der Waals surface area contributed by atoms with E-state index in [0.29, 0.717) is 13.0 Å². The van der Waals surface area contributed by atoms with Crippen molar-refractivity contribution >= 4 is 5.91 Å². The first-order valence-corrected chi connectivity index (χ1v) is 3.46. The van der Waals surface area contributed by atoms with Gasteiger partial charge in [-0.25, -0.2) is 4.98 Å². The Bertz CT molecular complexity index is 285. The number of nitrogens with zero attached hydrogens (tertiary/aromatic N) is 3. The van der Waals surface area contributed by atoms with Crippen LogP contribution in [0.3, 0.4) is 0 Å². The molecule has 1 rings (SSSR count). The van der Waals surface area contributed by atoms with Crippen LogP contribution in [0.2, 0.25) is 0 Å². The van der Waals surface area contributed by atoms with Gasteiger partial charge in [0, 0.05) is 25.4 Å². The Labute approximate surface area is 69.6 Å². The van der Waals surface area contributed by atoms with Crippen LogP contribution in [-0.2, 0) is 11.3 Å². The standard InChI is InChI=1S/C7H8N4O/c8-5-10-7(12)1-3-11-4-2-9-6-11/h2,4,6H,1,3H2,(H,10,12). The van der Waals surface area contributed by atoms with Gasteiger partial charge in [-0.15, -0.1) is 0 Å². The number of amides is 1. The number of hydrogen-bond donors (Lipinski definition) is 1. The fourth-order valence-corrected chi connectivity index (χ4v) is 0.774. The molecule has 0 aliphatic heterocycles. The van der Waals surface area contributed by atoms with Gasteiger partial charge in [0.25, 0.3) is 0 Å². The van der Waals surface area contributed by atoms with Crippen molar-refractivity contribution in [3.63, 3.8) is 0 Å². The monoisotopic (exact) mass is 164 g/mol. The molecular formula is C7H8N4O. The summed E-state index contributed by atoms with van der Waals surface area (Å²) in [6.45, 7) is 0.549. The van der Waals surface area contributed by atoms with Gasteiger partial charge in [-0.05, 0) is 0 Å². The molecule has 62 valence electrons. The summed E-state index contributed by atoms with van der Waals surface area (Å²) in [6, 6.07) is 0. The summed E-state index contributed by atoms with van der Waals surface area (Å²) in [6.07, 6.45) is 6.90. The van der Waals surface area contributed by atoms with Crippen molar-refractivity contribution in [2.45, 2.75) is 13.0 Å². The van der Waals surface area contributed by atoms with Crippen LogP contribution in [0.5, 0.6) is 0 Å². The number of imidazole rings is 1. The lowest BCUT2D eigenvalue weighted by molar-refractivity contribution is -0.120. The van der Waals surface area contributed by atoms with Crippen LogP contribution < -0.4 is 5.32 Å². The minimum atomic E-state index is -0.272. The average Bonchev–Trinajstić information content (AvgIpc) is 2.53. The van der Waals surface area contributed by atoms with Crippen molar-refractivity contribution in [1.29, 1.82) is 5.26 Å². The lowest BCUT2D eigenvalue weighted by Gasteiger charge is -1.98. The van der Waals surface area contributed by atoms with E-state index < -0.39 is 0 Å².